The summed E-state index contributed by atoms with van der Waals surface area (Å²) in [4.78, 5) is 54.4. The van der Waals surface area contributed by atoms with Crippen LogP contribution in [0.15, 0.2) is 399 Å². The highest BCUT2D eigenvalue weighted by atomic mass is 79.9. The highest BCUT2D eigenvalue weighted by molar-refractivity contribution is 9.10. The zero-order valence-electron chi connectivity index (χ0n) is 66.9. The van der Waals surface area contributed by atoms with Gasteiger partial charge >= 0.3 is 0 Å². The van der Waals surface area contributed by atoms with Gasteiger partial charge in [0.05, 0.1) is 55.5 Å². The molecule has 0 bridgehead atoms. The molecule has 14 heteroatoms. The molecule has 0 amide bonds. The Balaban J connectivity index is 0.000000126. The van der Waals surface area contributed by atoms with Crippen molar-refractivity contribution in [3.63, 3.8) is 0 Å². The zero-order chi connectivity index (χ0) is 82.0. The first-order valence-electron chi connectivity index (χ1n) is 39.3. The Labute approximate surface area is 702 Å². The Morgan fingerprint density at radius 1 is 0.317 bits per heavy atom. The smallest absolute Gasteiger partial charge is 0.300 e. The Morgan fingerprint density at radius 3 is 0.883 bits per heavy atom. The molecule has 21 aromatic rings. The first kappa shape index (κ1) is 80.1. The largest absolute Gasteiger partial charge is 0.481 e. The monoisotopic (exact) mass is 1630 g/mol. The van der Waals surface area contributed by atoms with E-state index in [1.807, 2.05) is 110 Å². The molecule has 5 N–H and O–H groups in total. The average molecular weight is 1630 g/mol. The molecule has 6 aromatic heterocycles. The Kier molecular flexibility index (Phi) is 24.0. The summed E-state index contributed by atoms with van der Waals surface area (Å²) in [5.41, 5.74) is 22.3. The molecule has 0 saturated heterocycles. The number of carboxylic acid groups (broad SMARTS) is 1. The van der Waals surface area contributed by atoms with Gasteiger partial charge in [-0.15, -0.1) is 0 Å². The number of allylic oxidation sites excluding steroid dienone is 1. The number of aromatic amines is 1. The number of aromatic nitrogens is 6. The predicted octanol–water partition coefficient (Wildman–Crippen LogP) is 26.9. The maximum Gasteiger partial charge on any atom is 0.300 e. The summed E-state index contributed by atoms with van der Waals surface area (Å²) < 4.78 is 10.1. The second kappa shape index (κ2) is 36.0. The highest BCUT2D eigenvalue weighted by Gasteiger charge is 2.19. The van der Waals surface area contributed by atoms with Crippen LogP contribution < -0.4 is 6.15 Å². The van der Waals surface area contributed by atoms with Gasteiger partial charge in [-0.1, -0.05) is 265 Å². The van der Waals surface area contributed by atoms with Crippen LogP contribution in [0.4, 0.5) is 0 Å². The molecule has 15 aromatic carbocycles. The SMILES string of the molecule is CC(=O)O.CC(=O)c1cccc(-n2c3ccccc3c3ccccc32)c1.CC(=O)c1cccc(Br)c1.CN(C)/C=C/C(=O)c1cccc(-n2c3ccccc3c3ccccc32)c1.N.c1cc(-c2cccc(-c3cccc(-n4c5ccccc5c5ccccc54)c3)n2)cc(-n2c3ccccc3c3ccccc32)c1.c1ccc2c(c1)[nH]c1ccccc12. The summed E-state index contributed by atoms with van der Waals surface area (Å²) in [5.74, 6) is -0.648. The van der Waals surface area contributed by atoms with Crippen molar-refractivity contribution in [1.82, 2.24) is 39.3 Å². The van der Waals surface area contributed by atoms with E-state index in [-0.39, 0.29) is 23.5 Å². The van der Waals surface area contributed by atoms with Crippen molar-refractivity contribution in [2.75, 3.05) is 14.1 Å². The van der Waals surface area contributed by atoms with Crippen LogP contribution in [0.1, 0.15) is 51.8 Å². The maximum atomic E-state index is 12.5. The Morgan fingerprint density at radius 2 is 0.575 bits per heavy atom. The van der Waals surface area contributed by atoms with Crippen molar-refractivity contribution in [1.29, 1.82) is 0 Å². The lowest BCUT2D eigenvalue weighted by molar-refractivity contribution is -0.134. The van der Waals surface area contributed by atoms with Crippen LogP contribution in [-0.4, -0.2) is 75.7 Å². The number of aliphatic carboxylic acids is 1. The van der Waals surface area contributed by atoms with Crippen molar-refractivity contribution in [2.45, 2.75) is 20.8 Å². The van der Waals surface area contributed by atoms with Crippen molar-refractivity contribution < 1.29 is 24.3 Å². The molecule has 0 aliphatic carbocycles. The third-order valence-corrected chi connectivity index (χ3v) is 21.4. The molecule has 0 aliphatic heterocycles. The minimum atomic E-state index is -0.833. The Hall–Kier alpha value is -15.1. The molecular formula is C106H85BrN8O5. The number of fused-ring (bicyclic) bond motifs is 15. The molecule has 6 heterocycles. The number of nitrogens with zero attached hydrogens (tertiary/aromatic N) is 6. The molecule has 120 heavy (non-hydrogen) atoms. The van der Waals surface area contributed by atoms with E-state index < -0.39 is 5.97 Å². The molecule has 0 unspecified atom stereocenters. The van der Waals surface area contributed by atoms with Crippen LogP contribution in [0.2, 0.25) is 0 Å². The lowest BCUT2D eigenvalue weighted by Gasteiger charge is -2.12. The number of carbonyl (C=O) groups is 4. The summed E-state index contributed by atoms with van der Waals surface area (Å²) in [6.45, 7) is 4.24. The number of hydrogen-bond acceptors (Lipinski definition) is 7. The van der Waals surface area contributed by atoms with Gasteiger partial charge in [-0.3, -0.25) is 19.2 Å². The average Bonchev–Trinajstić information content (AvgIpc) is 1.62. The van der Waals surface area contributed by atoms with Crippen LogP contribution in [0.5, 0.6) is 0 Å². The van der Waals surface area contributed by atoms with Gasteiger partial charge in [-0.05, 0) is 147 Å². The lowest BCUT2D eigenvalue weighted by atomic mass is 10.1. The van der Waals surface area contributed by atoms with E-state index in [4.69, 9.17) is 14.9 Å². The van der Waals surface area contributed by atoms with Gasteiger partial charge in [0.25, 0.3) is 5.97 Å². The van der Waals surface area contributed by atoms with E-state index in [0.29, 0.717) is 5.56 Å². The Bertz CT molecular complexity index is 6980. The van der Waals surface area contributed by atoms with Gasteiger partial charge in [-0.25, -0.2) is 4.98 Å². The standard InChI is InChI=1S/C41H27N3.C23H20N2O.C20H15NO.C12H9N.C8H7BrO.C2H4O2.H3N/c1-5-22-38-32(16-1)33-17-2-6-23-39(33)43(38)30-14-9-12-28(26-30)36-20-11-21-37(42-36)29-13-10-15-31(27-29)44-40-24-7-3-18-34(40)35-19-4-8-25-41(35)44;1-24(2)15-14-23(26)17-8-7-9-18(16-17)25-21-12-5-3-10-19(21)20-11-4-6-13-22(20)25;1-14(22)15-7-6-8-16(13-15)21-19-11-4-2-9-17(19)18-10-3-5-12-20(18)21;1-3-7-11-9(5-1)10-6-2-4-8-12(10)13-11;1-6(10)7-3-2-4-8(9)5-7;1-2(3)4;/h1-27H;3-16H,1-2H3;2-13H,1H3;1-8,13H;2-5H,1H3;1H3,(H,3,4);1H3/b;15-14+;;;;;. The van der Waals surface area contributed by atoms with E-state index in [1.165, 1.54) is 87.0 Å². The third-order valence-electron chi connectivity index (χ3n) is 20.9. The number of carboxylic acids is 1. The number of Topliss-reactive ketones (excluding diaryl/α,β-unsaturated/α-hetero) is 2. The van der Waals surface area contributed by atoms with E-state index in [0.717, 1.165) is 89.9 Å². The minimum absolute atomic E-state index is 0. The van der Waals surface area contributed by atoms with Crippen LogP contribution in [0, 0.1) is 0 Å². The number of rotatable bonds is 11. The fourth-order valence-electron chi connectivity index (χ4n) is 15.6. The minimum Gasteiger partial charge on any atom is -0.481 e. The van der Waals surface area contributed by atoms with Gasteiger partial charge < -0.3 is 39.4 Å². The number of halogens is 1. The number of ketones is 3. The summed E-state index contributed by atoms with van der Waals surface area (Å²) in [6.07, 6.45) is 3.38. The van der Waals surface area contributed by atoms with Crippen LogP contribution in [-0.2, 0) is 4.79 Å². The third kappa shape index (κ3) is 16.8. The predicted molar refractivity (Wildman–Crippen MR) is 501 cm³/mol. The molecule has 21 rings (SSSR count). The summed E-state index contributed by atoms with van der Waals surface area (Å²) in [7, 11) is 3.80. The topological polar surface area (TPSA) is 175 Å². The summed E-state index contributed by atoms with van der Waals surface area (Å²) >= 11 is 3.28. The highest BCUT2D eigenvalue weighted by Crippen LogP contribution is 2.38. The fourth-order valence-corrected chi connectivity index (χ4v) is 16.0. The molecule has 0 aliphatic rings. The summed E-state index contributed by atoms with van der Waals surface area (Å²) in [6, 6.07) is 131. The van der Waals surface area contributed by atoms with E-state index >= 15 is 0 Å². The molecule has 586 valence electrons. The van der Waals surface area contributed by atoms with Gasteiger partial charge in [0.15, 0.2) is 17.3 Å². The number of H-pyrrole nitrogens is 1. The maximum absolute atomic E-state index is 12.5. The molecule has 0 fully saturated rings. The first-order chi connectivity index (χ1) is 58.1. The second-order valence-electron chi connectivity index (χ2n) is 29.1. The van der Waals surface area contributed by atoms with E-state index in [1.54, 1.807) is 32.2 Å². The fraction of sp³-hybridized carbons (Fsp3) is 0.0472. The zero-order valence-corrected chi connectivity index (χ0v) is 68.5. The molecule has 0 saturated carbocycles. The van der Waals surface area contributed by atoms with E-state index in [2.05, 4.69) is 324 Å². The second-order valence-corrected chi connectivity index (χ2v) is 30.0. The van der Waals surface area contributed by atoms with Crippen molar-refractivity contribution >= 4 is 148 Å². The molecule has 0 atom stereocenters. The molecule has 13 nitrogen and oxygen atoms in total. The number of nitrogens with one attached hydrogen (secondary N) is 1. The van der Waals surface area contributed by atoms with Gasteiger partial charge in [0, 0.05) is 153 Å². The van der Waals surface area contributed by atoms with Gasteiger partial charge in [-0.2, -0.15) is 0 Å². The van der Waals surface area contributed by atoms with Crippen molar-refractivity contribution in [3.8, 4) is 45.3 Å². The number of benzene rings is 15. The number of para-hydroxylation sites is 10. The van der Waals surface area contributed by atoms with Crippen molar-refractivity contribution in [3.05, 3.63) is 416 Å². The lowest BCUT2D eigenvalue weighted by Crippen LogP contribution is -2.03. The molecule has 0 spiro atoms. The molecule has 0 radical (unpaired) electrons. The van der Waals surface area contributed by atoms with E-state index in [9.17, 15) is 14.4 Å². The van der Waals surface area contributed by atoms with Gasteiger partial charge in [0.2, 0.25) is 0 Å². The van der Waals surface area contributed by atoms with Crippen molar-refractivity contribution in [2.24, 2.45) is 0 Å². The number of carbonyl (C=O) groups excluding carboxylic acids is 3. The molecular weight excluding hydrogens is 1550 g/mol. The first-order valence-corrected chi connectivity index (χ1v) is 40.1. The van der Waals surface area contributed by atoms with Crippen LogP contribution in [0.3, 0.4) is 0 Å². The van der Waals surface area contributed by atoms with Gasteiger partial charge in [0.1, 0.15) is 0 Å². The van der Waals surface area contributed by atoms with Crippen LogP contribution >= 0.6 is 15.9 Å². The quantitative estimate of drug-likeness (QED) is 0.0847. The normalized spacial score (nSPS) is 11.0. The number of hydrogen-bond donors (Lipinski definition) is 3. The number of pyridine rings is 1. The summed E-state index contributed by atoms with van der Waals surface area (Å²) in [5, 5.41) is 20.0. The van der Waals surface area contributed by atoms with Crippen LogP contribution in [0.25, 0.3) is 154 Å².